The van der Waals surface area contributed by atoms with Gasteiger partial charge in [-0.1, -0.05) is 31.5 Å². The summed E-state index contributed by atoms with van der Waals surface area (Å²) in [6.07, 6.45) is 4.64. The fourth-order valence-corrected chi connectivity index (χ4v) is 5.67. The Labute approximate surface area is 172 Å². The number of methoxy groups -OCH3 is 1. The number of carboxylic acid groups (broad SMARTS) is 1. The summed E-state index contributed by atoms with van der Waals surface area (Å²) < 4.78 is 11.3. The average molecular weight is 395 g/mol. The zero-order chi connectivity index (χ0) is 20.6. The van der Waals surface area contributed by atoms with E-state index in [-0.39, 0.29) is 11.3 Å². The van der Waals surface area contributed by atoms with Crippen molar-refractivity contribution in [2.24, 2.45) is 11.3 Å². The summed E-state index contributed by atoms with van der Waals surface area (Å²) in [5.41, 5.74) is 2.95. The van der Waals surface area contributed by atoms with Crippen LogP contribution in [0.1, 0.15) is 56.2 Å². The Morgan fingerprint density at radius 3 is 2.52 bits per heavy atom. The normalized spacial score (nSPS) is 28.2. The zero-order valence-electron chi connectivity index (χ0n) is 17.5. The minimum absolute atomic E-state index is 0.113. The van der Waals surface area contributed by atoms with Gasteiger partial charge in [-0.25, -0.2) is 0 Å². The zero-order valence-corrected chi connectivity index (χ0v) is 17.5. The quantitative estimate of drug-likeness (QED) is 0.741. The highest BCUT2D eigenvalue weighted by Gasteiger charge is 2.55. The Morgan fingerprint density at radius 2 is 1.83 bits per heavy atom. The van der Waals surface area contributed by atoms with Crippen molar-refractivity contribution < 1.29 is 19.4 Å². The lowest BCUT2D eigenvalue weighted by Crippen LogP contribution is -2.52. The van der Waals surface area contributed by atoms with Crippen LogP contribution in [0.2, 0.25) is 0 Å². The molecule has 2 aliphatic carbocycles. The first-order valence-corrected chi connectivity index (χ1v) is 10.5. The molecule has 2 aromatic rings. The Bertz CT molecular complexity index is 904. The number of carboxylic acids is 1. The van der Waals surface area contributed by atoms with Gasteiger partial charge in [0, 0.05) is 0 Å². The molecule has 29 heavy (non-hydrogen) atoms. The number of benzene rings is 2. The second-order valence-electron chi connectivity index (χ2n) is 9.04. The van der Waals surface area contributed by atoms with Gasteiger partial charge in [-0.2, -0.15) is 0 Å². The molecule has 3 atom stereocenters. The molecule has 0 amide bonds. The molecule has 4 rings (SSSR count). The maximum Gasteiger partial charge on any atom is 0.309 e. The standard InChI is InChI=1S/C25H30O4/c1-24-13-4-14-25(2,23(26)27)22(24)12-8-18-7-11-20(15-21(18)24)29-16-17-5-9-19(28-3)10-6-17/h5-7,9-11,15,22H,4,8,12-14,16H2,1-3H3,(H,26,27)/t22-,24-,25+/m1/s1. The highest BCUT2D eigenvalue weighted by molar-refractivity contribution is 5.75. The van der Waals surface area contributed by atoms with Gasteiger partial charge in [0.15, 0.2) is 0 Å². The molecule has 0 heterocycles. The van der Waals surface area contributed by atoms with Crippen molar-refractivity contribution in [1.82, 2.24) is 0 Å². The summed E-state index contributed by atoms with van der Waals surface area (Å²) in [6, 6.07) is 14.3. The number of aryl methyl sites for hydroxylation is 1. The molecule has 0 saturated heterocycles. The number of fused-ring (bicyclic) bond motifs is 3. The summed E-state index contributed by atoms with van der Waals surface area (Å²) in [4.78, 5) is 12.1. The second kappa shape index (κ2) is 7.40. The van der Waals surface area contributed by atoms with Crippen LogP contribution in [0, 0.1) is 11.3 Å². The number of rotatable bonds is 5. The van der Waals surface area contributed by atoms with Crippen LogP contribution in [0.15, 0.2) is 42.5 Å². The molecule has 0 aromatic heterocycles. The van der Waals surface area contributed by atoms with Crippen molar-refractivity contribution >= 4 is 5.97 Å². The van der Waals surface area contributed by atoms with E-state index in [4.69, 9.17) is 9.47 Å². The van der Waals surface area contributed by atoms with Gasteiger partial charge in [-0.05, 0) is 84.9 Å². The van der Waals surface area contributed by atoms with E-state index in [0.29, 0.717) is 6.61 Å². The van der Waals surface area contributed by atoms with Gasteiger partial charge in [-0.3, -0.25) is 4.79 Å². The van der Waals surface area contributed by atoms with E-state index in [0.717, 1.165) is 49.2 Å². The van der Waals surface area contributed by atoms with Crippen molar-refractivity contribution in [3.05, 3.63) is 59.2 Å². The average Bonchev–Trinajstić information content (AvgIpc) is 2.72. The predicted octanol–water partition coefficient (Wildman–Crippen LogP) is 5.37. The summed E-state index contributed by atoms with van der Waals surface area (Å²) in [7, 11) is 1.66. The summed E-state index contributed by atoms with van der Waals surface area (Å²) in [5.74, 6) is 1.19. The Hall–Kier alpha value is -2.49. The van der Waals surface area contributed by atoms with Gasteiger partial charge >= 0.3 is 5.97 Å². The number of hydrogen-bond donors (Lipinski definition) is 1. The summed E-state index contributed by atoms with van der Waals surface area (Å²) in [5, 5.41) is 9.97. The molecule has 1 saturated carbocycles. The first-order chi connectivity index (χ1) is 13.9. The lowest BCUT2D eigenvalue weighted by atomic mass is 9.50. The van der Waals surface area contributed by atoms with E-state index < -0.39 is 11.4 Å². The van der Waals surface area contributed by atoms with Gasteiger partial charge in [0.2, 0.25) is 0 Å². The predicted molar refractivity (Wildman–Crippen MR) is 113 cm³/mol. The van der Waals surface area contributed by atoms with Gasteiger partial charge in [0.05, 0.1) is 12.5 Å². The van der Waals surface area contributed by atoms with Crippen LogP contribution < -0.4 is 9.47 Å². The third-order valence-corrected chi connectivity index (χ3v) is 7.38. The van der Waals surface area contributed by atoms with Gasteiger partial charge in [-0.15, -0.1) is 0 Å². The smallest absolute Gasteiger partial charge is 0.309 e. The molecular formula is C25H30O4. The van der Waals surface area contributed by atoms with E-state index in [9.17, 15) is 9.90 Å². The van der Waals surface area contributed by atoms with Crippen LogP contribution in [0.3, 0.4) is 0 Å². The van der Waals surface area contributed by atoms with E-state index in [1.54, 1.807) is 7.11 Å². The molecule has 154 valence electrons. The molecular weight excluding hydrogens is 364 g/mol. The van der Waals surface area contributed by atoms with Gasteiger partial charge in [0.1, 0.15) is 18.1 Å². The lowest BCUT2D eigenvalue weighted by molar-refractivity contribution is -0.157. The van der Waals surface area contributed by atoms with Crippen molar-refractivity contribution in [2.75, 3.05) is 7.11 Å². The van der Waals surface area contributed by atoms with Crippen LogP contribution in [0.4, 0.5) is 0 Å². The maximum atomic E-state index is 12.1. The van der Waals surface area contributed by atoms with Crippen molar-refractivity contribution in [3.63, 3.8) is 0 Å². The number of ether oxygens (including phenoxy) is 2. The van der Waals surface area contributed by atoms with Gasteiger partial charge < -0.3 is 14.6 Å². The van der Waals surface area contributed by atoms with Crippen molar-refractivity contribution in [3.8, 4) is 11.5 Å². The number of hydrogen-bond acceptors (Lipinski definition) is 3. The van der Waals surface area contributed by atoms with E-state index in [2.05, 4.69) is 19.1 Å². The SMILES string of the molecule is COc1ccc(COc2ccc3c(c2)[C@@]2(C)CCC[C@](C)(C(=O)O)[C@@H]2CC3)cc1. The summed E-state index contributed by atoms with van der Waals surface area (Å²) >= 11 is 0. The number of aliphatic carboxylic acids is 1. The molecule has 0 bridgehead atoms. The molecule has 2 aromatic carbocycles. The fourth-order valence-electron chi connectivity index (χ4n) is 5.67. The van der Waals surface area contributed by atoms with Gasteiger partial charge in [0.25, 0.3) is 0 Å². The van der Waals surface area contributed by atoms with Crippen LogP contribution in [0.25, 0.3) is 0 Å². The van der Waals surface area contributed by atoms with Crippen molar-refractivity contribution in [2.45, 2.75) is 58.0 Å². The van der Waals surface area contributed by atoms with E-state index in [1.165, 1.54) is 11.1 Å². The molecule has 4 nitrogen and oxygen atoms in total. The van der Waals surface area contributed by atoms with Crippen LogP contribution in [-0.2, 0) is 23.2 Å². The van der Waals surface area contributed by atoms with Crippen molar-refractivity contribution in [1.29, 1.82) is 0 Å². The van der Waals surface area contributed by atoms with E-state index >= 15 is 0 Å². The molecule has 4 heteroatoms. The minimum atomic E-state index is -0.649. The maximum absolute atomic E-state index is 12.1. The highest BCUT2D eigenvalue weighted by Crippen LogP contribution is 2.57. The van der Waals surface area contributed by atoms with Crippen LogP contribution in [-0.4, -0.2) is 18.2 Å². The fraction of sp³-hybridized carbons (Fsp3) is 0.480. The second-order valence-corrected chi connectivity index (χ2v) is 9.04. The Balaban J connectivity index is 1.59. The molecule has 0 radical (unpaired) electrons. The molecule has 0 spiro atoms. The molecule has 1 fully saturated rings. The third kappa shape index (κ3) is 3.39. The van der Waals surface area contributed by atoms with Crippen LogP contribution in [0.5, 0.6) is 11.5 Å². The van der Waals surface area contributed by atoms with E-state index in [1.807, 2.05) is 37.3 Å². The first-order valence-electron chi connectivity index (χ1n) is 10.5. The summed E-state index contributed by atoms with van der Waals surface area (Å²) in [6.45, 7) is 4.71. The first kappa shape index (κ1) is 19.8. The van der Waals surface area contributed by atoms with Crippen LogP contribution >= 0.6 is 0 Å². The Kier molecular flexibility index (Phi) is 5.05. The molecule has 0 unspecified atom stereocenters. The molecule has 0 aliphatic heterocycles. The number of carbonyl (C=O) groups is 1. The monoisotopic (exact) mass is 394 g/mol. The lowest BCUT2D eigenvalue weighted by Gasteiger charge is -2.53. The Morgan fingerprint density at radius 1 is 1.10 bits per heavy atom. The third-order valence-electron chi connectivity index (χ3n) is 7.38. The largest absolute Gasteiger partial charge is 0.497 e. The minimum Gasteiger partial charge on any atom is -0.497 e. The molecule has 2 aliphatic rings. The topological polar surface area (TPSA) is 55.8 Å². The highest BCUT2D eigenvalue weighted by atomic mass is 16.5. The molecule has 1 N–H and O–H groups in total.